The molecule has 0 fully saturated rings. The summed E-state index contributed by atoms with van der Waals surface area (Å²) in [5.74, 6) is 1.44. The van der Waals surface area contributed by atoms with E-state index in [1.165, 1.54) is 0 Å². The van der Waals surface area contributed by atoms with Crippen LogP contribution in [-0.4, -0.2) is 30.2 Å². The Hall–Kier alpha value is -1.16. The monoisotopic (exact) mass is 195 g/mol. The van der Waals surface area contributed by atoms with Gasteiger partial charge in [0.2, 0.25) is 5.88 Å². The summed E-state index contributed by atoms with van der Waals surface area (Å²) in [6, 6.07) is 1.89. The van der Waals surface area contributed by atoms with Crippen molar-refractivity contribution in [1.82, 2.24) is 15.3 Å². The van der Waals surface area contributed by atoms with Gasteiger partial charge in [0.15, 0.2) is 0 Å². The van der Waals surface area contributed by atoms with Gasteiger partial charge in [0, 0.05) is 18.3 Å². The lowest BCUT2D eigenvalue weighted by atomic mass is 10.3. The zero-order valence-corrected chi connectivity index (χ0v) is 9.00. The number of likely N-dealkylation sites (N-methyl/N-ethyl adjacent to an activating group) is 1. The number of hydrogen-bond acceptors (Lipinski definition) is 4. The fraction of sp³-hybridized carbons (Fsp3) is 0.600. The van der Waals surface area contributed by atoms with Crippen LogP contribution in [0.25, 0.3) is 0 Å². The molecule has 0 aliphatic heterocycles. The van der Waals surface area contributed by atoms with Crippen molar-refractivity contribution < 1.29 is 4.74 Å². The number of nitrogens with zero attached hydrogens (tertiary/aromatic N) is 2. The number of nitrogens with one attached hydrogen (secondary N) is 1. The van der Waals surface area contributed by atoms with Crippen molar-refractivity contribution >= 4 is 0 Å². The molecule has 1 aromatic rings. The van der Waals surface area contributed by atoms with Crippen LogP contribution in [0.2, 0.25) is 0 Å². The van der Waals surface area contributed by atoms with E-state index < -0.39 is 0 Å². The minimum absolute atomic E-state index is 0.635. The number of rotatable bonds is 5. The number of hydrogen-bond donors (Lipinski definition) is 1. The first-order valence-electron chi connectivity index (χ1n) is 4.88. The average Bonchev–Trinajstić information content (AvgIpc) is 2.17. The van der Waals surface area contributed by atoms with Gasteiger partial charge < -0.3 is 10.1 Å². The van der Waals surface area contributed by atoms with Crippen LogP contribution in [0.5, 0.6) is 5.88 Å². The Bertz CT molecular complexity index is 289. The second kappa shape index (κ2) is 5.54. The van der Waals surface area contributed by atoms with E-state index in [1.54, 1.807) is 0 Å². The molecule has 0 saturated heterocycles. The first-order chi connectivity index (χ1) is 6.76. The molecule has 0 aliphatic carbocycles. The molecular formula is C10H17N3O. The Morgan fingerprint density at radius 2 is 2.21 bits per heavy atom. The highest BCUT2D eigenvalue weighted by Gasteiger charge is 2.00. The summed E-state index contributed by atoms with van der Waals surface area (Å²) < 4.78 is 5.46. The summed E-state index contributed by atoms with van der Waals surface area (Å²) in [4.78, 5) is 8.47. The topological polar surface area (TPSA) is 47.0 Å². The van der Waals surface area contributed by atoms with Crippen LogP contribution < -0.4 is 10.1 Å². The van der Waals surface area contributed by atoms with Crippen molar-refractivity contribution in [1.29, 1.82) is 0 Å². The summed E-state index contributed by atoms with van der Waals surface area (Å²) in [7, 11) is 1.89. The highest BCUT2D eigenvalue weighted by atomic mass is 16.5. The van der Waals surface area contributed by atoms with Gasteiger partial charge in [0.1, 0.15) is 12.4 Å². The summed E-state index contributed by atoms with van der Waals surface area (Å²) in [5.41, 5.74) is 1.02. The predicted octanol–water partition coefficient (Wildman–Crippen LogP) is 0.946. The highest BCUT2D eigenvalue weighted by molar-refractivity contribution is 5.15. The van der Waals surface area contributed by atoms with Gasteiger partial charge in [-0.2, -0.15) is 4.98 Å². The minimum atomic E-state index is 0.635. The van der Waals surface area contributed by atoms with E-state index in [0.29, 0.717) is 12.5 Å². The molecule has 0 aliphatic rings. The van der Waals surface area contributed by atoms with Crippen LogP contribution in [0.4, 0.5) is 0 Å². The molecule has 1 N–H and O–H groups in total. The number of ether oxygens (including phenoxy) is 1. The maximum atomic E-state index is 5.46. The quantitative estimate of drug-likeness (QED) is 0.710. The van der Waals surface area contributed by atoms with E-state index in [1.807, 2.05) is 20.0 Å². The summed E-state index contributed by atoms with van der Waals surface area (Å²) in [5, 5.41) is 3.01. The normalized spacial score (nSPS) is 10.2. The third-order valence-corrected chi connectivity index (χ3v) is 1.83. The second-order valence-electron chi connectivity index (χ2n) is 3.05. The number of aryl methyl sites for hydroxylation is 2. The summed E-state index contributed by atoms with van der Waals surface area (Å²) >= 11 is 0. The van der Waals surface area contributed by atoms with E-state index in [9.17, 15) is 0 Å². The third-order valence-electron chi connectivity index (χ3n) is 1.83. The van der Waals surface area contributed by atoms with E-state index in [0.717, 1.165) is 24.5 Å². The average molecular weight is 195 g/mol. The van der Waals surface area contributed by atoms with Crippen molar-refractivity contribution in [3.05, 3.63) is 17.6 Å². The molecule has 0 unspecified atom stereocenters. The van der Waals surface area contributed by atoms with E-state index in [4.69, 9.17) is 4.74 Å². The molecular weight excluding hydrogens is 178 g/mol. The van der Waals surface area contributed by atoms with Crippen LogP contribution in [0, 0.1) is 6.92 Å². The number of aromatic nitrogens is 2. The maximum Gasteiger partial charge on any atom is 0.216 e. The highest BCUT2D eigenvalue weighted by Crippen LogP contribution is 2.09. The zero-order chi connectivity index (χ0) is 10.4. The molecule has 1 aromatic heterocycles. The zero-order valence-electron chi connectivity index (χ0n) is 9.00. The SMILES string of the molecule is CCc1cc(OCCNC)nc(C)n1. The van der Waals surface area contributed by atoms with Crippen LogP contribution in [0.1, 0.15) is 18.4 Å². The fourth-order valence-corrected chi connectivity index (χ4v) is 1.11. The van der Waals surface area contributed by atoms with E-state index in [-0.39, 0.29) is 0 Å². The first kappa shape index (κ1) is 10.9. The van der Waals surface area contributed by atoms with Crippen LogP contribution >= 0.6 is 0 Å². The molecule has 78 valence electrons. The van der Waals surface area contributed by atoms with Crippen molar-refractivity contribution in [3.8, 4) is 5.88 Å². The van der Waals surface area contributed by atoms with Crippen LogP contribution in [0.15, 0.2) is 6.07 Å². The molecule has 0 aromatic carbocycles. The van der Waals surface area contributed by atoms with Crippen molar-refractivity contribution in [2.75, 3.05) is 20.2 Å². The van der Waals surface area contributed by atoms with Gasteiger partial charge in [-0.15, -0.1) is 0 Å². The van der Waals surface area contributed by atoms with Gasteiger partial charge in [-0.1, -0.05) is 6.92 Å². The van der Waals surface area contributed by atoms with Gasteiger partial charge in [-0.3, -0.25) is 0 Å². The van der Waals surface area contributed by atoms with E-state index >= 15 is 0 Å². The molecule has 0 amide bonds. The lowest BCUT2D eigenvalue weighted by Gasteiger charge is -2.06. The molecule has 4 nitrogen and oxygen atoms in total. The second-order valence-corrected chi connectivity index (χ2v) is 3.05. The van der Waals surface area contributed by atoms with Gasteiger partial charge in [-0.25, -0.2) is 4.98 Å². The maximum absolute atomic E-state index is 5.46. The largest absolute Gasteiger partial charge is 0.476 e. The molecule has 0 saturated carbocycles. The minimum Gasteiger partial charge on any atom is -0.476 e. The van der Waals surface area contributed by atoms with Crippen LogP contribution in [0.3, 0.4) is 0 Å². The van der Waals surface area contributed by atoms with Crippen molar-refractivity contribution in [2.24, 2.45) is 0 Å². The third kappa shape index (κ3) is 3.30. The molecule has 0 bridgehead atoms. The lowest BCUT2D eigenvalue weighted by Crippen LogP contribution is -2.16. The Morgan fingerprint density at radius 3 is 2.86 bits per heavy atom. The standard InChI is InChI=1S/C10H17N3O/c1-4-9-7-10(13-8(2)12-9)14-6-5-11-3/h7,11H,4-6H2,1-3H3. The van der Waals surface area contributed by atoms with Gasteiger partial charge in [0.25, 0.3) is 0 Å². The molecule has 4 heteroatoms. The molecule has 0 spiro atoms. The fourth-order valence-electron chi connectivity index (χ4n) is 1.11. The Kier molecular flexibility index (Phi) is 4.32. The van der Waals surface area contributed by atoms with Crippen molar-refractivity contribution in [3.63, 3.8) is 0 Å². The van der Waals surface area contributed by atoms with Gasteiger partial charge in [0.05, 0.1) is 0 Å². The summed E-state index contributed by atoms with van der Waals surface area (Å²) in [6.07, 6.45) is 0.908. The smallest absolute Gasteiger partial charge is 0.216 e. The van der Waals surface area contributed by atoms with E-state index in [2.05, 4.69) is 22.2 Å². The van der Waals surface area contributed by atoms with Crippen LogP contribution in [-0.2, 0) is 6.42 Å². The Balaban J connectivity index is 2.62. The first-order valence-corrected chi connectivity index (χ1v) is 4.88. The van der Waals surface area contributed by atoms with Gasteiger partial charge in [-0.05, 0) is 20.4 Å². The molecule has 14 heavy (non-hydrogen) atoms. The summed E-state index contributed by atoms with van der Waals surface area (Å²) in [6.45, 7) is 5.41. The van der Waals surface area contributed by atoms with Crippen molar-refractivity contribution in [2.45, 2.75) is 20.3 Å². The lowest BCUT2D eigenvalue weighted by molar-refractivity contribution is 0.304. The molecule has 1 heterocycles. The Labute approximate surface area is 84.7 Å². The molecule has 0 atom stereocenters. The molecule has 0 radical (unpaired) electrons. The Morgan fingerprint density at radius 1 is 1.43 bits per heavy atom. The predicted molar refractivity (Wildman–Crippen MR) is 55.6 cm³/mol. The van der Waals surface area contributed by atoms with Gasteiger partial charge >= 0.3 is 0 Å². The molecule has 1 rings (SSSR count).